The molecule has 1 aliphatic rings. The molecule has 2 aromatic rings. The fourth-order valence-electron chi connectivity index (χ4n) is 3.04. The summed E-state index contributed by atoms with van der Waals surface area (Å²) < 4.78 is 32.8. The second kappa shape index (κ2) is 8.82. The number of sulfonamides is 1. The van der Waals surface area contributed by atoms with Gasteiger partial charge in [0.2, 0.25) is 10.0 Å². The van der Waals surface area contributed by atoms with Gasteiger partial charge in [0.25, 0.3) is 0 Å². The Kier molecular flexibility index (Phi) is 6.44. The molecule has 0 amide bonds. The number of benzene rings is 2. The Bertz CT molecular complexity index is 954. The van der Waals surface area contributed by atoms with Gasteiger partial charge in [0.05, 0.1) is 41.4 Å². The van der Waals surface area contributed by atoms with Gasteiger partial charge < -0.3 is 15.2 Å². The lowest BCUT2D eigenvalue weighted by Crippen LogP contribution is -2.44. The van der Waals surface area contributed by atoms with Crippen molar-refractivity contribution >= 4 is 10.0 Å². The summed E-state index contributed by atoms with van der Waals surface area (Å²) in [6.45, 7) is 2.62. The number of nitrogens with one attached hydrogen (secondary N) is 2. The van der Waals surface area contributed by atoms with Gasteiger partial charge in [0.15, 0.2) is 0 Å². The summed E-state index contributed by atoms with van der Waals surface area (Å²) in [4.78, 5) is 0.178. The van der Waals surface area contributed by atoms with Crippen molar-refractivity contribution in [3.05, 3.63) is 65.2 Å². The van der Waals surface area contributed by atoms with E-state index in [4.69, 9.17) is 10.00 Å². The highest BCUT2D eigenvalue weighted by molar-refractivity contribution is 7.89. The van der Waals surface area contributed by atoms with Crippen LogP contribution in [0.2, 0.25) is 0 Å². The van der Waals surface area contributed by atoms with Crippen molar-refractivity contribution in [1.82, 2.24) is 10.0 Å². The van der Waals surface area contributed by atoms with Crippen LogP contribution >= 0.6 is 0 Å². The topological polar surface area (TPSA) is 111 Å². The van der Waals surface area contributed by atoms with E-state index < -0.39 is 22.2 Å². The summed E-state index contributed by atoms with van der Waals surface area (Å²) in [7, 11) is -3.66. The average molecular weight is 401 g/mol. The van der Waals surface area contributed by atoms with E-state index in [-0.39, 0.29) is 24.1 Å². The number of nitrogens with zero attached hydrogens (tertiary/aromatic N) is 1. The van der Waals surface area contributed by atoms with Crippen LogP contribution in [0.4, 0.5) is 0 Å². The maximum absolute atomic E-state index is 12.4. The van der Waals surface area contributed by atoms with E-state index in [9.17, 15) is 13.5 Å². The first-order chi connectivity index (χ1) is 13.4. The van der Waals surface area contributed by atoms with Crippen LogP contribution in [0, 0.1) is 18.3 Å². The zero-order chi connectivity index (χ0) is 20.1. The molecule has 3 rings (SSSR count). The van der Waals surface area contributed by atoms with Gasteiger partial charge in [-0.15, -0.1) is 0 Å². The fraction of sp³-hybridized carbons (Fsp3) is 0.350. The Morgan fingerprint density at radius 2 is 2.00 bits per heavy atom. The lowest BCUT2D eigenvalue weighted by atomic mass is 10.1. The van der Waals surface area contributed by atoms with Crippen molar-refractivity contribution in [3.8, 4) is 6.07 Å². The third-order valence-electron chi connectivity index (χ3n) is 4.71. The minimum Gasteiger partial charge on any atom is -0.389 e. The van der Waals surface area contributed by atoms with Crippen LogP contribution < -0.4 is 10.0 Å². The second-order valence-electron chi connectivity index (χ2n) is 6.83. The number of hydrogen-bond donors (Lipinski definition) is 3. The van der Waals surface area contributed by atoms with Crippen LogP contribution in [-0.2, 0) is 21.3 Å². The molecule has 8 heteroatoms. The molecule has 0 aromatic heterocycles. The molecular formula is C20H23N3O4S. The largest absolute Gasteiger partial charge is 0.389 e. The van der Waals surface area contributed by atoms with Crippen molar-refractivity contribution in [2.75, 3.05) is 13.2 Å². The Balaban J connectivity index is 1.53. The van der Waals surface area contributed by atoms with Gasteiger partial charge in [-0.1, -0.05) is 29.8 Å². The zero-order valence-electron chi connectivity index (χ0n) is 15.5. The van der Waals surface area contributed by atoms with E-state index >= 15 is 0 Å². The quantitative estimate of drug-likeness (QED) is 0.640. The number of nitriles is 1. The van der Waals surface area contributed by atoms with Crippen LogP contribution in [0.3, 0.4) is 0 Å². The first kappa shape index (κ1) is 20.5. The number of aryl methyl sites for hydroxylation is 1. The van der Waals surface area contributed by atoms with Gasteiger partial charge in [0, 0.05) is 13.1 Å². The molecule has 0 unspecified atom stereocenters. The molecule has 0 aliphatic carbocycles. The number of aliphatic hydroxyl groups excluding tert-OH is 1. The normalized spacial score (nSPS) is 22.1. The zero-order valence-corrected chi connectivity index (χ0v) is 16.3. The molecule has 0 saturated carbocycles. The Labute approximate surface area is 165 Å². The SMILES string of the molecule is Cc1ccc(S(=O)(=O)NC[C@H]2OC[C@@H](NCc3cccc(C#N)c3)[C@@H]2O)cc1. The van der Waals surface area contributed by atoms with E-state index in [2.05, 4.69) is 16.1 Å². The van der Waals surface area contributed by atoms with Gasteiger partial charge in [-0.25, -0.2) is 13.1 Å². The number of hydrogen-bond acceptors (Lipinski definition) is 6. The lowest BCUT2D eigenvalue weighted by Gasteiger charge is -2.19. The maximum Gasteiger partial charge on any atom is 0.240 e. The van der Waals surface area contributed by atoms with Gasteiger partial charge in [-0.05, 0) is 36.8 Å². The van der Waals surface area contributed by atoms with Crippen molar-refractivity contribution in [1.29, 1.82) is 5.26 Å². The van der Waals surface area contributed by atoms with Crippen LogP contribution in [-0.4, -0.2) is 44.9 Å². The van der Waals surface area contributed by atoms with E-state index in [1.54, 1.807) is 42.5 Å². The minimum absolute atomic E-state index is 0.0144. The van der Waals surface area contributed by atoms with Crippen molar-refractivity contribution < 1.29 is 18.3 Å². The first-order valence-electron chi connectivity index (χ1n) is 8.97. The van der Waals surface area contributed by atoms with Gasteiger partial charge >= 0.3 is 0 Å². The highest BCUT2D eigenvalue weighted by atomic mass is 32.2. The summed E-state index contributed by atoms with van der Waals surface area (Å²) in [5.74, 6) is 0. The summed E-state index contributed by atoms with van der Waals surface area (Å²) in [5.41, 5.74) is 2.48. The number of rotatable bonds is 7. The lowest BCUT2D eigenvalue weighted by molar-refractivity contribution is 0.0443. The maximum atomic E-state index is 12.4. The Hall–Kier alpha value is -2.28. The van der Waals surface area contributed by atoms with Crippen LogP contribution in [0.5, 0.6) is 0 Å². The molecule has 148 valence electrons. The molecule has 1 fully saturated rings. The molecule has 0 spiro atoms. The third-order valence-corrected chi connectivity index (χ3v) is 6.15. The Morgan fingerprint density at radius 1 is 1.25 bits per heavy atom. The van der Waals surface area contributed by atoms with Crippen molar-refractivity contribution in [2.45, 2.75) is 36.6 Å². The first-order valence-corrected chi connectivity index (χ1v) is 10.5. The van der Waals surface area contributed by atoms with Crippen molar-refractivity contribution in [3.63, 3.8) is 0 Å². The molecule has 1 saturated heterocycles. The van der Waals surface area contributed by atoms with E-state index in [0.717, 1.165) is 11.1 Å². The van der Waals surface area contributed by atoms with Gasteiger partial charge in [0.1, 0.15) is 0 Å². The monoisotopic (exact) mass is 401 g/mol. The third kappa shape index (κ3) is 4.95. The fourth-order valence-corrected chi connectivity index (χ4v) is 4.08. The summed E-state index contributed by atoms with van der Waals surface area (Å²) in [5, 5.41) is 22.6. The minimum atomic E-state index is -3.66. The molecule has 0 radical (unpaired) electrons. The smallest absolute Gasteiger partial charge is 0.240 e. The van der Waals surface area contributed by atoms with Gasteiger partial charge in [-0.2, -0.15) is 5.26 Å². The van der Waals surface area contributed by atoms with Gasteiger partial charge in [-0.3, -0.25) is 0 Å². The standard InChI is InChI=1S/C20H23N3O4S/c1-14-5-7-17(8-6-14)28(25,26)23-12-19-20(24)18(13-27-19)22-11-16-4-2-3-15(9-16)10-21/h2-9,18-20,22-24H,11-13H2,1H3/t18-,19-,20+/m1/s1. The van der Waals surface area contributed by atoms with Crippen LogP contribution in [0.1, 0.15) is 16.7 Å². The molecule has 7 nitrogen and oxygen atoms in total. The number of ether oxygens (including phenoxy) is 1. The van der Waals surface area contributed by atoms with Crippen molar-refractivity contribution in [2.24, 2.45) is 0 Å². The number of aliphatic hydroxyl groups is 1. The highest BCUT2D eigenvalue weighted by Crippen LogP contribution is 2.16. The molecule has 2 aromatic carbocycles. The molecule has 1 aliphatic heterocycles. The summed E-state index contributed by atoms with van der Waals surface area (Å²) in [6.07, 6.45) is -1.48. The highest BCUT2D eigenvalue weighted by Gasteiger charge is 2.36. The predicted octanol–water partition coefficient (Wildman–Crippen LogP) is 1.06. The molecule has 3 atom stereocenters. The average Bonchev–Trinajstić information content (AvgIpc) is 3.05. The Morgan fingerprint density at radius 3 is 2.71 bits per heavy atom. The van der Waals surface area contributed by atoms with E-state index in [0.29, 0.717) is 12.1 Å². The molecule has 1 heterocycles. The second-order valence-corrected chi connectivity index (χ2v) is 8.59. The summed E-state index contributed by atoms with van der Waals surface area (Å²) >= 11 is 0. The van der Waals surface area contributed by atoms with Crippen LogP contribution in [0.25, 0.3) is 0 Å². The molecule has 3 N–H and O–H groups in total. The van der Waals surface area contributed by atoms with E-state index in [1.165, 1.54) is 0 Å². The predicted molar refractivity (Wildman–Crippen MR) is 104 cm³/mol. The summed E-state index contributed by atoms with van der Waals surface area (Å²) in [6, 6.07) is 15.5. The molecular weight excluding hydrogens is 378 g/mol. The molecule has 0 bridgehead atoms. The molecule has 28 heavy (non-hydrogen) atoms. The van der Waals surface area contributed by atoms with E-state index in [1.807, 2.05) is 13.0 Å². The van der Waals surface area contributed by atoms with Crippen LogP contribution in [0.15, 0.2) is 53.4 Å².